The number of rotatable bonds is 1. The van der Waals surface area contributed by atoms with Crippen molar-refractivity contribution in [1.29, 1.82) is 5.26 Å². The number of aromatic hydroxyl groups is 2. The zero-order valence-corrected chi connectivity index (χ0v) is 13.1. The molecule has 0 bridgehead atoms. The molecule has 0 amide bonds. The van der Waals surface area contributed by atoms with Crippen LogP contribution in [0.25, 0.3) is 0 Å². The molecule has 1 saturated carbocycles. The van der Waals surface area contributed by atoms with Crippen molar-refractivity contribution in [3.63, 3.8) is 0 Å². The Balaban J connectivity index is 1.86. The molecule has 2 aromatic carbocycles. The van der Waals surface area contributed by atoms with Crippen LogP contribution in [0.5, 0.6) is 17.2 Å². The van der Waals surface area contributed by atoms with E-state index < -0.39 is 23.9 Å². The normalized spacial score (nSPS) is 26.2. The minimum Gasteiger partial charge on any atom is -0.508 e. The van der Waals surface area contributed by atoms with Crippen molar-refractivity contribution in [2.45, 2.75) is 30.8 Å². The Morgan fingerprint density at radius 1 is 1.08 bits per heavy atom. The van der Waals surface area contributed by atoms with Crippen LogP contribution in [-0.4, -0.2) is 16.1 Å². The Morgan fingerprint density at radius 3 is 2.48 bits per heavy atom. The van der Waals surface area contributed by atoms with E-state index >= 15 is 0 Å². The SMILES string of the molecule is N#Cc1cc(O)cc2c1OC(c1ccc(O)cc1)C1CC(F)(F)CC21. The van der Waals surface area contributed by atoms with E-state index in [2.05, 4.69) is 0 Å². The van der Waals surface area contributed by atoms with Crippen LogP contribution in [0.4, 0.5) is 8.78 Å². The largest absolute Gasteiger partial charge is 0.508 e. The molecule has 4 nitrogen and oxygen atoms in total. The Hall–Kier alpha value is -2.81. The van der Waals surface area contributed by atoms with E-state index in [4.69, 9.17) is 4.74 Å². The van der Waals surface area contributed by atoms with Gasteiger partial charge in [-0.05, 0) is 23.8 Å². The average molecular weight is 343 g/mol. The fourth-order valence-electron chi connectivity index (χ4n) is 4.02. The van der Waals surface area contributed by atoms with E-state index in [-0.39, 0.29) is 35.7 Å². The molecular formula is C19H15F2NO3. The zero-order valence-electron chi connectivity index (χ0n) is 13.1. The molecule has 0 saturated heterocycles. The number of benzene rings is 2. The smallest absolute Gasteiger partial charge is 0.249 e. The van der Waals surface area contributed by atoms with Gasteiger partial charge < -0.3 is 14.9 Å². The van der Waals surface area contributed by atoms with Crippen molar-refractivity contribution in [3.8, 4) is 23.3 Å². The quantitative estimate of drug-likeness (QED) is 0.812. The molecule has 1 aliphatic carbocycles. The topological polar surface area (TPSA) is 73.5 Å². The number of phenols is 2. The van der Waals surface area contributed by atoms with Crippen LogP contribution in [0.15, 0.2) is 36.4 Å². The van der Waals surface area contributed by atoms with E-state index in [1.807, 2.05) is 6.07 Å². The average Bonchev–Trinajstić information content (AvgIpc) is 2.90. The van der Waals surface area contributed by atoms with Crippen LogP contribution in [0.1, 0.15) is 41.6 Å². The standard InChI is InChI=1S/C19H15F2NO3/c20-19(21)7-15-14-6-13(24)5-11(9-22)18(14)25-17(16(15)8-19)10-1-3-12(23)4-2-10/h1-6,15-17,23-24H,7-8H2. The molecule has 0 spiro atoms. The summed E-state index contributed by atoms with van der Waals surface area (Å²) in [7, 11) is 0. The van der Waals surface area contributed by atoms with Crippen molar-refractivity contribution in [1.82, 2.24) is 0 Å². The zero-order chi connectivity index (χ0) is 17.8. The summed E-state index contributed by atoms with van der Waals surface area (Å²) >= 11 is 0. The van der Waals surface area contributed by atoms with Crippen LogP contribution >= 0.6 is 0 Å². The second kappa shape index (κ2) is 5.35. The number of nitriles is 1. The van der Waals surface area contributed by atoms with Gasteiger partial charge in [-0.25, -0.2) is 8.78 Å². The van der Waals surface area contributed by atoms with Crippen LogP contribution in [-0.2, 0) is 0 Å². The van der Waals surface area contributed by atoms with Crippen molar-refractivity contribution >= 4 is 0 Å². The molecule has 2 aliphatic rings. The number of hydrogen-bond donors (Lipinski definition) is 2. The van der Waals surface area contributed by atoms with Gasteiger partial charge in [-0.1, -0.05) is 12.1 Å². The number of nitrogens with zero attached hydrogens (tertiary/aromatic N) is 1. The number of phenolic OH excluding ortho intramolecular Hbond substituents is 2. The molecule has 2 N–H and O–H groups in total. The van der Waals surface area contributed by atoms with E-state index in [0.717, 1.165) is 0 Å². The van der Waals surface area contributed by atoms with Gasteiger partial charge in [0.25, 0.3) is 0 Å². The maximum Gasteiger partial charge on any atom is 0.249 e. The predicted molar refractivity (Wildman–Crippen MR) is 84.7 cm³/mol. The van der Waals surface area contributed by atoms with E-state index in [1.165, 1.54) is 24.3 Å². The van der Waals surface area contributed by atoms with Gasteiger partial charge in [0.15, 0.2) is 0 Å². The fourth-order valence-corrected chi connectivity index (χ4v) is 4.02. The molecule has 128 valence electrons. The summed E-state index contributed by atoms with van der Waals surface area (Å²) in [6.45, 7) is 0. The highest BCUT2D eigenvalue weighted by Gasteiger charge is 2.53. The number of ether oxygens (including phenoxy) is 1. The Labute approximate surface area is 142 Å². The lowest BCUT2D eigenvalue weighted by Crippen LogP contribution is -2.27. The summed E-state index contributed by atoms with van der Waals surface area (Å²) in [6.07, 6.45) is -1.29. The third-order valence-corrected chi connectivity index (χ3v) is 5.05. The van der Waals surface area contributed by atoms with Crippen LogP contribution < -0.4 is 4.74 Å². The minimum absolute atomic E-state index is 0.0795. The van der Waals surface area contributed by atoms with Gasteiger partial charge in [0.1, 0.15) is 29.4 Å². The van der Waals surface area contributed by atoms with E-state index in [1.54, 1.807) is 12.1 Å². The van der Waals surface area contributed by atoms with Gasteiger partial charge in [0, 0.05) is 36.3 Å². The lowest BCUT2D eigenvalue weighted by molar-refractivity contribution is -0.00233. The van der Waals surface area contributed by atoms with Gasteiger partial charge in [-0.2, -0.15) is 5.26 Å². The number of fused-ring (bicyclic) bond motifs is 3. The summed E-state index contributed by atoms with van der Waals surface area (Å²) < 4.78 is 34.3. The molecular weight excluding hydrogens is 328 g/mol. The van der Waals surface area contributed by atoms with Gasteiger partial charge in [0.2, 0.25) is 5.92 Å². The molecule has 1 heterocycles. The molecule has 3 unspecified atom stereocenters. The van der Waals surface area contributed by atoms with Gasteiger partial charge >= 0.3 is 0 Å². The molecule has 0 aromatic heterocycles. The van der Waals surface area contributed by atoms with Crippen molar-refractivity contribution in [2.75, 3.05) is 0 Å². The van der Waals surface area contributed by atoms with Gasteiger partial charge in [-0.15, -0.1) is 0 Å². The number of hydrogen-bond acceptors (Lipinski definition) is 4. The second-order valence-corrected chi connectivity index (χ2v) is 6.69. The molecule has 1 aliphatic heterocycles. The molecule has 25 heavy (non-hydrogen) atoms. The summed E-state index contributed by atoms with van der Waals surface area (Å²) in [5.74, 6) is -3.59. The third-order valence-electron chi connectivity index (χ3n) is 5.05. The summed E-state index contributed by atoms with van der Waals surface area (Å²) in [4.78, 5) is 0. The van der Waals surface area contributed by atoms with E-state index in [9.17, 15) is 24.3 Å². The highest BCUT2D eigenvalue weighted by molar-refractivity contribution is 5.56. The summed E-state index contributed by atoms with van der Waals surface area (Å²) in [5, 5.41) is 28.6. The first-order chi connectivity index (χ1) is 11.9. The lowest BCUT2D eigenvalue weighted by atomic mass is 9.79. The summed E-state index contributed by atoms with van der Waals surface area (Å²) in [6, 6.07) is 10.9. The van der Waals surface area contributed by atoms with Crippen molar-refractivity contribution in [2.24, 2.45) is 5.92 Å². The Morgan fingerprint density at radius 2 is 1.80 bits per heavy atom. The molecule has 6 heteroatoms. The first kappa shape index (κ1) is 15.7. The first-order valence-corrected chi connectivity index (χ1v) is 7.98. The van der Waals surface area contributed by atoms with Gasteiger partial charge in [0.05, 0.1) is 5.56 Å². The molecule has 3 atom stereocenters. The summed E-state index contributed by atoms with van der Waals surface area (Å²) in [5.41, 5.74) is 1.27. The first-order valence-electron chi connectivity index (χ1n) is 7.98. The van der Waals surface area contributed by atoms with Crippen LogP contribution in [0, 0.1) is 17.2 Å². The van der Waals surface area contributed by atoms with E-state index in [0.29, 0.717) is 11.1 Å². The van der Waals surface area contributed by atoms with Crippen molar-refractivity contribution in [3.05, 3.63) is 53.1 Å². The monoisotopic (exact) mass is 343 g/mol. The van der Waals surface area contributed by atoms with Crippen LogP contribution in [0.3, 0.4) is 0 Å². The highest BCUT2D eigenvalue weighted by Crippen LogP contribution is 2.59. The third kappa shape index (κ3) is 2.56. The maximum absolute atomic E-state index is 14.2. The molecule has 0 radical (unpaired) electrons. The predicted octanol–water partition coefficient (Wildman–Crippen LogP) is 4.23. The van der Waals surface area contributed by atoms with Gasteiger partial charge in [-0.3, -0.25) is 0 Å². The maximum atomic E-state index is 14.2. The highest BCUT2D eigenvalue weighted by atomic mass is 19.3. The minimum atomic E-state index is -2.83. The molecule has 4 rings (SSSR count). The Kier molecular flexibility index (Phi) is 3.36. The molecule has 1 fully saturated rings. The lowest BCUT2D eigenvalue weighted by Gasteiger charge is -2.36. The number of alkyl halides is 2. The van der Waals surface area contributed by atoms with Crippen LogP contribution in [0.2, 0.25) is 0 Å². The molecule has 2 aromatic rings. The van der Waals surface area contributed by atoms with Crippen molar-refractivity contribution < 1.29 is 23.7 Å². The number of halogens is 2. The fraction of sp³-hybridized carbons (Fsp3) is 0.316. The Bertz CT molecular complexity index is 873. The second-order valence-electron chi connectivity index (χ2n) is 6.69.